The van der Waals surface area contributed by atoms with Crippen LogP contribution >= 0.6 is 0 Å². The lowest BCUT2D eigenvalue weighted by atomic mass is 9.96. The molecule has 10 N–H and O–H groups in total. The number of hydrogen-bond acceptors (Lipinski definition) is 6. The van der Waals surface area contributed by atoms with Crippen molar-refractivity contribution in [2.75, 3.05) is 13.1 Å². The number of aliphatic carboxylic acids is 1. The lowest BCUT2D eigenvalue weighted by Gasteiger charge is -2.28. The van der Waals surface area contributed by atoms with Gasteiger partial charge in [0.25, 0.3) is 0 Å². The van der Waals surface area contributed by atoms with E-state index in [1.165, 1.54) is 0 Å². The Morgan fingerprint density at radius 3 is 2.10 bits per heavy atom. The predicted octanol–water partition coefficient (Wildman–Crippen LogP) is -1.76. The molecule has 0 aromatic rings. The Kier molecular flexibility index (Phi) is 12.9. The molecule has 0 aromatic heterocycles. The van der Waals surface area contributed by atoms with Gasteiger partial charge in [-0.05, 0) is 24.7 Å². The molecule has 178 valence electrons. The first-order valence-electron chi connectivity index (χ1n) is 10.3. The summed E-state index contributed by atoms with van der Waals surface area (Å²) in [5, 5.41) is 16.3. The third-order valence-corrected chi connectivity index (χ3v) is 4.81. The van der Waals surface area contributed by atoms with Crippen molar-refractivity contribution < 1.29 is 24.3 Å². The van der Waals surface area contributed by atoms with Crippen LogP contribution in [0.25, 0.3) is 0 Å². The summed E-state index contributed by atoms with van der Waals surface area (Å²) in [4.78, 5) is 52.3. The second-order valence-electron chi connectivity index (χ2n) is 7.76. The summed E-state index contributed by atoms with van der Waals surface area (Å²) >= 11 is 0. The van der Waals surface area contributed by atoms with Crippen molar-refractivity contribution >= 4 is 29.7 Å². The second kappa shape index (κ2) is 14.2. The number of nitrogens with one attached hydrogen (secondary N) is 3. The Balaban J connectivity index is 5.37. The van der Waals surface area contributed by atoms with Crippen molar-refractivity contribution in [1.29, 1.82) is 0 Å². The topological polar surface area (TPSA) is 215 Å². The van der Waals surface area contributed by atoms with Crippen LogP contribution < -0.4 is 33.2 Å². The molecule has 0 saturated carbocycles. The van der Waals surface area contributed by atoms with E-state index in [0.29, 0.717) is 12.8 Å². The van der Waals surface area contributed by atoms with Crippen LogP contribution in [0.3, 0.4) is 0 Å². The molecule has 0 spiro atoms. The molecule has 0 aliphatic carbocycles. The zero-order valence-corrected chi connectivity index (χ0v) is 18.7. The Morgan fingerprint density at radius 1 is 1.00 bits per heavy atom. The molecule has 0 rings (SSSR count). The molecular formula is C19H37N7O5. The molecule has 0 bridgehead atoms. The molecule has 0 radical (unpaired) electrons. The van der Waals surface area contributed by atoms with E-state index in [2.05, 4.69) is 20.9 Å². The smallest absolute Gasteiger partial charge is 0.322 e. The minimum Gasteiger partial charge on any atom is -0.480 e. The number of carbonyl (C=O) groups excluding carboxylic acids is 3. The normalized spacial score (nSPS) is 14.6. The maximum Gasteiger partial charge on any atom is 0.322 e. The summed E-state index contributed by atoms with van der Waals surface area (Å²) in [6.45, 7) is 6.89. The van der Waals surface area contributed by atoms with Crippen LogP contribution in [0.4, 0.5) is 0 Å². The van der Waals surface area contributed by atoms with Gasteiger partial charge in [0.1, 0.15) is 18.6 Å². The van der Waals surface area contributed by atoms with E-state index in [1.807, 2.05) is 6.92 Å². The van der Waals surface area contributed by atoms with Crippen LogP contribution in [-0.4, -0.2) is 66.0 Å². The van der Waals surface area contributed by atoms with Gasteiger partial charge in [0.15, 0.2) is 5.96 Å². The van der Waals surface area contributed by atoms with Crippen molar-refractivity contribution in [3.8, 4) is 0 Å². The number of carbonyl (C=O) groups is 4. The van der Waals surface area contributed by atoms with Gasteiger partial charge in [-0.1, -0.05) is 34.1 Å². The molecule has 0 aromatic carbocycles. The minimum atomic E-state index is -1.22. The molecule has 0 aliphatic rings. The first kappa shape index (κ1) is 28.1. The fraction of sp³-hybridized carbons (Fsp3) is 0.737. The standard InChI is InChI=1S/C19H37N7O5/c1-5-11(4)15(26-17(30)14(20)10(2)3)18(31)25-12(7-6-8-23-19(21)22)16(29)24-9-13(27)28/h10-12,14-15H,5-9,20H2,1-4H3,(H,24,29)(H,25,31)(H,26,30)(H,27,28)(H4,21,22,23). The fourth-order valence-corrected chi connectivity index (χ4v) is 2.57. The van der Waals surface area contributed by atoms with Gasteiger partial charge in [0.05, 0.1) is 6.04 Å². The maximum absolute atomic E-state index is 12.9. The van der Waals surface area contributed by atoms with Crippen LogP contribution in [0, 0.1) is 11.8 Å². The average molecular weight is 444 g/mol. The zero-order valence-electron chi connectivity index (χ0n) is 18.7. The summed E-state index contributed by atoms with van der Waals surface area (Å²) in [6.07, 6.45) is 1.12. The number of guanidine groups is 1. The van der Waals surface area contributed by atoms with Gasteiger partial charge in [0, 0.05) is 6.54 Å². The van der Waals surface area contributed by atoms with Crippen molar-refractivity contribution in [3.63, 3.8) is 0 Å². The summed E-state index contributed by atoms with van der Waals surface area (Å²) in [6, 6.07) is -2.72. The number of aliphatic imine (C=N–C) groups is 1. The number of nitrogens with two attached hydrogens (primary N) is 3. The minimum absolute atomic E-state index is 0.100. The van der Waals surface area contributed by atoms with Crippen LogP contribution in [-0.2, 0) is 19.2 Å². The summed E-state index contributed by atoms with van der Waals surface area (Å²) in [5.74, 6) is -3.35. The lowest BCUT2D eigenvalue weighted by Crippen LogP contribution is -2.58. The molecule has 12 nitrogen and oxygen atoms in total. The van der Waals surface area contributed by atoms with Gasteiger partial charge >= 0.3 is 5.97 Å². The van der Waals surface area contributed by atoms with E-state index in [1.54, 1.807) is 20.8 Å². The molecule has 4 unspecified atom stereocenters. The van der Waals surface area contributed by atoms with Gasteiger partial charge in [0.2, 0.25) is 17.7 Å². The van der Waals surface area contributed by atoms with Crippen molar-refractivity contribution in [2.45, 2.75) is 65.1 Å². The number of rotatable bonds is 14. The number of hydrogen-bond donors (Lipinski definition) is 7. The zero-order chi connectivity index (χ0) is 24.1. The summed E-state index contributed by atoms with van der Waals surface area (Å²) in [5.41, 5.74) is 16.4. The van der Waals surface area contributed by atoms with Crippen LogP contribution in [0.5, 0.6) is 0 Å². The molecule has 3 amide bonds. The molecule has 31 heavy (non-hydrogen) atoms. The highest BCUT2D eigenvalue weighted by Crippen LogP contribution is 2.11. The van der Waals surface area contributed by atoms with E-state index in [9.17, 15) is 19.2 Å². The first-order chi connectivity index (χ1) is 14.4. The van der Waals surface area contributed by atoms with Crippen molar-refractivity contribution in [1.82, 2.24) is 16.0 Å². The number of carboxylic acid groups (broad SMARTS) is 1. The largest absolute Gasteiger partial charge is 0.480 e. The summed E-state index contributed by atoms with van der Waals surface area (Å²) < 4.78 is 0. The van der Waals surface area contributed by atoms with Gasteiger partial charge in [-0.3, -0.25) is 24.2 Å². The average Bonchev–Trinajstić information content (AvgIpc) is 2.70. The SMILES string of the molecule is CCC(C)C(NC(=O)C(N)C(C)C)C(=O)NC(CCCN=C(N)N)C(=O)NCC(=O)O. The van der Waals surface area contributed by atoms with E-state index in [-0.39, 0.29) is 30.8 Å². The fourth-order valence-electron chi connectivity index (χ4n) is 2.57. The van der Waals surface area contributed by atoms with E-state index < -0.39 is 48.4 Å². The highest BCUT2D eigenvalue weighted by molar-refractivity contribution is 5.93. The highest BCUT2D eigenvalue weighted by Gasteiger charge is 2.31. The summed E-state index contributed by atoms with van der Waals surface area (Å²) in [7, 11) is 0. The van der Waals surface area contributed by atoms with Gasteiger partial charge < -0.3 is 38.3 Å². The quantitative estimate of drug-likeness (QED) is 0.0924. The third kappa shape index (κ3) is 11.2. The molecule has 0 aliphatic heterocycles. The van der Waals surface area contributed by atoms with Crippen molar-refractivity contribution in [3.05, 3.63) is 0 Å². The van der Waals surface area contributed by atoms with Crippen LogP contribution in [0.2, 0.25) is 0 Å². The first-order valence-corrected chi connectivity index (χ1v) is 10.3. The predicted molar refractivity (Wildman–Crippen MR) is 117 cm³/mol. The Hall–Kier alpha value is -2.89. The molecular weight excluding hydrogens is 406 g/mol. The van der Waals surface area contributed by atoms with Gasteiger partial charge in [-0.25, -0.2) is 0 Å². The Morgan fingerprint density at radius 2 is 1.61 bits per heavy atom. The van der Waals surface area contributed by atoms with Crippen molar-refractivity contribution in [2.24, 2.45) is 34.0 Å². The van der Waals surface area contributed by atoms with E-state index in [4.69, 9.17) is 22.3 Å². The van der Waals surface area contributed by atoms with Crippen LogP contribution in [0.15, 0.2) is 4.99 Å². The maximum atomic E-state index is 12.9. The van der Waals surface area contributed by atoms with E-state index in [0.717, 1.165) is 0 Å². The highest BCUT2D eigenvalue weighted by atomic mass is 16.4. The third-order valence-electron chi connectivity index (χ3n) is 4.81. The van der Waals surface area contributed by atoms with E-state index >= 15 is 0 Å². The lowest BCUT2D eigenvalue weighted by molar-refractivity contribution is -0.138. The molecule has 0 saturated heterocycles. The number of nitrogens with zero attached hydrogens (tertiary/aromatic N) is 1. The van der Waals surface area contributed by atoms with Gasteiger partial charge in [-0.2, -0.15) is 0 Å². The molecule has 12 heteroatoms. The number of amides is 3. The second-order valence-corrected chi connectivity index (χ2v) is 7.76. The number of carboxylic acids is 1. The molecule has 4 atom stereocenters. The van der Waals surface area contributed by atoms with Crippen LogP contribution in [0.1, 0.15) is 47.0 Å². The monoisotopic (exact) mass is 443 g/mol. The van der Waals surface area contributed by atoms with Gasteiger partial charge in [-0.15, -0.1) is 0 Å². The molecule has 0 fully saturated rings. The Bertz CT molecular complexity index is 650. The Labute approximate surface area is 182 Å². The molecule has 0 heterocycles.